The average molecular weight is 177 g/mol. The van der Waals surface area contributed by atoms with Crippen LogP contribution in [0.4, 0.5) is 0 Å². The van der Waals surface area contributed by atoms with Crippen LogP contribution in [0.2, 0.25) is 0 Å². The molecule has 0 aromatic carbocycles. The van der Waals surface area contributed by atoms with E-state index in [0.717, 1.165) is 12.8 Å². The van der Waals surface area contributed by atoms with Crippen molar-refractivity contribution in [1.82, 2.24) is 0 Å². The van der Waals surface area contributed by atoms with Gasteiger partial charge < -0.3 is 20.3 Å². The second-order valence-corrected chi connectivity index (χ2v) is 2.68. The zero-order chi connectivity index (χ0) is 9.23. The summed E-state index contributed by atoms with van der Waals surface area (Å²) in [5, 5.41) is 9.13. The average Bonchev–Trinajstić information content (AvgIpc) is 2.05. The largest absolute Gasteiger partial charge is 0.388 e. The van der Waals surface area contributed by atoms with Gasteiger partial charge in [0.1, 0.15) is 6.10 Å². The van der Waals surface area contributed by atoms with Crippen LogP contribution in [-0.4, -0.2) is 44.7 Å². The molecule has 0 aromatic heterocycles. The Hall–Kier alpha value is -0.160. The lowest BCUT2D eigenvalue weighted by Crippen LogP contribution is -2.21. The van der Waals surface area contributed by atoms with Crippen molar-refractivity contribution < 1.29 is 14.6 Å². The maximum absolute atomic E-state index is 9.13. The second kappa shape index (κ2) is 8.93. The van der Waals surface area contributed by atoms with Gasteiger partial charge in [0.2, 0.25) is 0 Å². The molecule has 1 atom stereocenters. The van der Waals surface area contributed by atoms with Crippen molar-refractivity contribution in [3.05, 3.63) is 0 Å². The van der Waals surface area contributed by atoms with Crippen LogP contribution in [0.1, 0.15) is 12.8 Å². The summed E-state index contributed by atoms with van der Waals surface area (Å²) in [7, 11) is 1.55. The lowest BCUT2D eigenvalue weighted by atomic mass is 10.3. The lowest BCUT2D eigenvalue weighted by molar-refractivity contribution is -0.00666. The molecule has 0 radical (unpaired) electrons. The fraction of sp³-hybridized carbons (Fsp3) is 1.00. The molecule has 0 bridgehead atoms. The number of nitrogens with two attached hydrogens (primary N) is 1. The Balaban J connectivity index is 2.97. The number of hydrogen-bond acceptors (Lipinski definition) is 4. The van der Waals surface area contributed by atoms with Crippen LogP contribution in [0, 0.1) is 0 Å². The molecule has 0 aliphatic heterocycles. The number of methoxy groups -OCH3 is 1. The molecule has 0 heterocycles. The molecule has 0 amide bonds. The summed E-state index contributed by atoms with van der Waals surface area (Å²) in [6, 6.07) is 0. The standard InChI is InChI=1S/C8H19NO3/c1-11-6-8(10)7-12-5-3-2-4-9/h8,10H,2-7,9H2,1H3. The molecule has 0 saturated carbocycles. The van der Waals surface area contributed by atoms with Crippen LogP contribution < -0.4 is 5.73 Å². The van der Waals surface area contributed by atoms with Gasteiger partial charge in [-0.1, -0.05) is 0 Å². The van der Waals surface area contributed by atoms with Crippen LogP contribution in [0.25, 0.3) is 0 Å². The van der Waals surface area contributed by atoms with Crippen LogP contribution in [-0.2, 0) is 9.47 Å². The summed E-state index contributed by atoms with van der Waals surface area (Å²) in [4.78, 5) is 0. The Kier molecular flexibility index (Phi) is 8.81. The maximum Gasteiger partial charge on any atom is 0.101 e. The quantitative estimate of drug-likeness (QED) is 0.502. The third-order valence-electron chi connectivity index (χ3n) is 1.41. The van der Waals surface area contributed by atoms with Gasteiger partial charge in [0, 0.05) is 13.7 Å². The third kappa shape index (κ3) is 7.94. The molecule has 4 heteroatoms. The van der Waals surface area contributed by atoms with E-state index in [-0.39, 0.29) is 0 Å². The second-order valence-electron chi connectivity index (χ2n) is 2.68. The first-order valence-electron chi connectivity index (χ1n) is 4.26. The minimum Gasteiger partial charge on any atom is -0.388 e. The first-order valence-corrected chi connectivity index (χ1v) is 4.26. The lowest BCUT2D eigenvalue weighted by Gasteiger charge is -2.09. The molecule has 12 heavy (non-hydrogen) atoms. The highest BCUT2D eigenvalue weighted by atomic mass is 16.5. The SMILES string of the molecule is COCC(O)COCCCCN. The molecule has 0 fully saturated rings. The van der Waals surface area contributed by atoms with Crippen LogP contribution in [0.15, 0.2) is 0 Å². The maximum atomic E-state index is 9.13. The molecular weight excluding hydrogens is 158 g/mol. The van der Waals surface area contributed by atoms with Crippen molar-refractivity contribution in [3.8, 4) is 0 Å². The number of ether oxygens (including phenoxy) is 2. The van der Waals surface area contributed by atoms with E-state index in [9.17, 15) is 0 Å². The number of aliphatic hydroxyl groups excluding tert-OH is 1. The van der Waals surface area contributed by atoms with E-state index in [1.807, 2.05) is 0 Å². The Bertz CT molecular complexity index is 90.4. The van der Waals surface area contributed by atoms with Gasteiger partial charge in [-0.3, -0.25) is 0 Å². The molecular formula is C8H19NO3. The number of hydrogen-bond donors (Lipinski definition) is 2. The van der Waals surface area contributed by atoms with Gasteiger partial charge in [0.15, 0.2) is 0 Å². The highest BCUT2D eigenvalue weighted by molar-refractivity contribution is 4.50. The van der Waals surface area contributed by atoms with Gasteiger partial charge in [0.05, 0.1) is 13.2 Å². The first kappa shape index (κ1) is 11.8. The number of rotatable bonds is 8. The van der Waals surface area contributed by atoms with Gasteiger partial charge >= 0.3 is 0 Å². The van der Waals surface area contributed by atoms with Gasteiger partial charge in [-0.2, -0.15) is 0 Å². The predicted molar refractivity (Wildman–Crippen MR) is 47.0 cm³/mol. The van der Waals surface area contributed by atoms with Gasteiger partial charge in [0.25, 0.3) is 0 Å². The fourth-order valence-electron chi connectivity index (χ4n) is 0.808. The monoisotopic (exact) mass is 177 g/mol. The smallest absolute Gasteiger partial charge is 0.101 e. The van der Waals surface area contributed by atoms with Crippen LogP contribution in [0.5, 0.6) is 0 Å². The Labute approximate surface area is 73.7 Å². The molecule has 0 aliphatic carbocycles. The zero-order valence-electron chi connectivity index (χ0n) is 7.66. The normalized spacial score (nSPS) is 13.2. The summed E-state index contributed by atoms with van der Waals surface area (Å²) in [5.41, 5.74) is 5.29. The van der Waals surface area contributed by atoms with Gasteiger partial charge in [-0.15, -0.1) is 0 Å². The first-order chi connectivity index (χ1) is 5.81. The summed E-state index contributed by atoms with van der Waals surface area (Å²) >= 11 is 0. The van der Waals surface area contributed by atoms with Gasteiger partial charge in [-0.25, -0.2) is 0 Å². The van der Waals surface area contributed by atoms with Crippen molar-refractivity contribution in [3.63, 3.8) is 0 Å². The Morgan fingerprint density at radius 3 is 2.67 bits per heavy atom. The molecule has 0 spiro atoms. The zero-order valence-corrected chi connectivity index (χ0v) is 7.66. The molecule has 0 aliphatic rings. The molecule has 0 rings (SSSR count). The van der Waals surface area contributed by atoms with Crippen molar-refractivity contribution in [2.75, 3.05) is 33.5 Å². The van der Waals surface area contributed by atoms with Gasteiger partial charge in [-0.05, 0) is 19.4 Å². The molecule has 74 valence electrons. The van der Waals surface area contributed by atoms with E-state index in [2.05, 4.69) is 0 Å². The number of aliphatic hydroxyl groups is 1. The summed E-state index contributed by atoms with van der Waals surface area (Å²) in [6.45, 7) is 2.04. The molecule has 0 saturated heterocycles. The molecule has 0 aromatic rings. The predicted octanol–water partition coefficient (Wildman–Crippen LogP) is -0.251. The van der Waals surface area contributed by atoms with E-state index in [4.69, 9.17) is 20.3 Å². The van der Waals surface area contributed by atoms with Crippen molar-refractivity contribution in [2.24, 2.45) is 5.73 Å². The Morgan fingerprint density at radius 2 is 2.08 bits per heavy atom. The van der Waals surface area contributed by atoms with E-state index < -0.39 is 6.10 Å². The third-order valence-corrected chi connectivity index (χ3v) is 1.41. The number of unbranched alkanes of at least 4 members (excludes halogenated alkanes) is 1. The molecule has 1 unspecified atom stereocenters. The minimum atomic E-state index is -0.507. The van der Waals surface area contributed by atoms with E-state index in [0.29, 0.717) is 26.4 Å². The minimum absolute atomic E-state index is 0.330. The van der Waals surface area contributed by atoms with Crippen LogP contribution >= 0.6 is 0 Å². The van der Waals surface area contributed by atoms with E-state index in [1.54, 1.807) is 7.11 Å². The van der Waals surface area contributed by atoms with Crippen molar-refractivity contribution in [2.45, 2.75) is 18.9 Å². The summed E-state index contributed by atoms with van der Waals surface area (Å²) in [6.07, 6.45) is 1.42. The fourth-order valence-corrected chi connectivity index (χ4v) is 0.808. The topological polar surface area (TPSA) is 64.7 Å². The van der Waals surface area contributed by atoms with E-state index >= 15 is 0 Å². The van der Waals surface area contributed by atoms with E-state index in [1.165, 1.54) is 0 Å². The van der Waals surface area contributed by atoms with Crippen molar-refractivity contribution in [1.29, 1.82) is 0 Å². The highest BCUT2D eigenvalue weighted by Gasteiger charge is 2.01. The molecule has 4 nitrogen and oxygen atoms in total. The Morgan fingerprint density at radius 1 is 1.33 bits per heavy atom. The summed E-state index contributed by atoms with van der Waals surface area (Å²) in [5.74, 6) is 0. The van der Waals surface area contributed by atoms with Crippen LogP contribution in [0.3, 0.4) is 0 Å². The summed E-state index contributed by atoms with van der Waals surface area (Å²) < 4.78 is 9.90. The van der Waals surface area contributed by atoms with Crippen molar-refractivity contribution >= 4 is 0 Å². The molecule has 3 N–H and O–H groups in total. The highest BCUT2D eigenvalue weighted by Crippen LogP contribution is 1.90.